The number of hydrogen-bond donors (Lipinski definition) is 1. The Labute approximate surface area is 159 Å². The lowest BCUT2D eigenvalue weighted by Gasteiger charge is -2.26. The van der Waals surface area contributed by atoms with Crippen LogP contribution in [-0.4, -0.2) is 23.4 Å². The standard InChI is InChI=1S/C21H27FN2OS/c1-16-7-12-20(26-16)15-24(14-17-8-10-18(22)11-9-17)21(25)13-23-19-5-3-2-4-6-19/h7-12,19,23H,2-6,13-15H2,1H3. The third-order valence-corrected chi connectivity index (χ3v) is 5.91. The fraction of sp³-hybridized carbons (Fsp3) is 0.476. The minimum Gasteiger partial charge on any atom is -0.332 e. The van der Waals surface area contributed by atoms with E-state index in [0.717, 1.165) is 18.4 Å². The van der Waals surface area contributed by atoms with Crippen molar-refractivity contribution in [1.82, 2.24) is 10.2 Å². The zero-order valence-corrected chi connectivity index (χ0v) is 16.2. The molecule has 2 aromatic rings. The summed E-state index contributed by atoms with van der Waals surface area (Å²) >= 11 is 1.72. The normalized spacial score (nSPS) is 15.2. The summed E-state index contributed by atoms with van der Waals surface area (Å²) in [7, 11) is 0. The van der Waals surface area contributed by atoms with Crippen LogP contribution in [-0.2, 0) is 17.9 Å². The first-order valence-corrected chi connectivity index (χ1v) is 10.2. The van der Waals surface area contributed by atoms with E-state index in [9.17, 15) is 9.18 Å². The van der Waals surface area contributed by atoms with Crippen LogP contribution >= 0.6 is 11.3 Å². The number of carbonyl (C=O) groups excluding carboxylic acids is 1. The van der Waals surface area contributed by atoms with Gasteiger partial charge in [-0.15, -0.1) is 11.3 Å². The highest BCUT2D eigenvalue weighted by Gasteiger charge is 2.18. The van der Waals surface area contributed by atoms with Crippen LogP contribution < -0.4 is 5.32 Å². The number of carbonyl (C=O) groups is 1. The van der Waals surface area contributed by atoms with Gasteiger partial charge in [-0.2, -0.15) is 0 Å². The third-order valence-electron chi connectivity index (χ3n) is 4.93. The van der Waals surface area contributed by atoms with Crippen molar-refractivity contribution in [2.24, 2.45) is 0 Å². The predicted octanol–water partition coefficient (Wildman–Crippen LogP) is 4.65. The number of aryl methyl sites for hydroxylation is 1. The number of nitrogens with one attached hydrogen (secondary N) is 1. The molecule has 26 heavy (non-hydrogen) atoms. The first kappa shape index (κ1) is 19.1. The Kier molecular flexibility index (Phi) is 6.80. The monoisotopic (exact) mass is 374 g/mol. The Bertz CT molecular complexity index is 707. The summed E-state index contributed by atoms with van der Waals surface area (Å²) in [6.45, 7) is 3.55. The number of nitrogens with zero attached hydrogens (tertiary/aromatic N) is 1. The molecule has 0 spiro atoms. The van der Waals surface area contributed by atoms with Gasteiger partial charge in [0, 0.05) is 22.3 Å². The predicted molar refractivity (Wildman–Crippen MR) is 105 cm³/mol. The van der Waals surface area contributed by atoms with Gasteiger partial charge in [0.1, 0.15) is 5.82 Å². The summed E-state index contributed by atoms with van der Waals surface area (Å²) < 4.78 is 13.2. The van der Waals surface area contributed by atoms with Crippen molar-refractivity contribution in [3.8, 4) is 0 Å². The molecule has 1 aromatic heterocycles. The van der Waals surface area contributed by atoms with E-state index < -0.39 is 0 Å². The number of amides is 1. The van der Waals surface area contributed by atoms with Crippen molar-refractivity contribution >= 4 is 17.2 Å². The van der Waals surface area contributed by atoms with Crippen molar-refractivity contribution in [3.05, 3.63) is 57.5 Å². The van der Waals surface area contributed by atoms with Crippen molar-refractivity contribution in [1.29, 1.82) is 0 Å². The quantitative estimate of drug-likeness (QED) is 0.765. The molecule has 0 bridgehead atoms. The lowest BCUT2D eigenvalue weighted by atomic mass is 9.95. The molecule has 0 radical (unpaired) electrons. The van der Waals surface area contributed by atoms with Crippen LogP contribution in [0.15, 0.2) is 36.4 Å². The zero-order chi connectivity index (χ0) is 18.4. The number of benzene rings is 1. The first-order valence-electron chi connectivity index (χ1n) is 9.41. The summed E-state index contributed by atoms with van der Waals surface area (Å²) in [6, 6.07) is 11.0. The molecule has 0 atom stereocenters. The van der Waals surface area contributed by atoms with Gasteiger partial charge >= 0.3 is 0 Å². The average Bonchev–Trinajstić information content (AvgIpc) is 3.06. The second kappa shape index (κ2) is 9.28. The van der Waals surface area contributed by atoms with Gasteiger partial charge in [0.25, 0.3) is 0 Å². The van der Waals surface area contributed by atoms with E-state index in [1.807, 2.05) is 4.90 Å². The van der Waals surface area contributed by atoms with Gasteiger partial charge in [-0.3, -0.25) is 4.79 Å². The van der Waals surface area contributed by atoms with Crippen LogP contribution in [0.1, 0.15) is 47.4 Å². The molecule has 1 aromatic carbocycles. The first-order chi connectivity index (χ1) is 12.6. The molecule has 1 saturated carbocycles. The molecule has 3 nitrogen and oxygen atoms in total. The maximum Gasteiger partial charge on any atom is 0.237 e. The summed E-state index contributed by atoms with van der Waals surface area (Å²) in [4.78, 5) is 17.2. The lowest BCUT2D eigenvalue weighted by molar-refractivity contribution is -0.131. The number of thiophene rings is 1. The molecule has 0 aliphatic heterocycles. The smallest absolute Gasteiger partial charge is 0.237 e. The van der Waals surface area contributed by atoms with Crippen molar-refractivity contribution in [3.63, 3.8) is 0 Å². The van der Waals surface area contributed by atoms with Crippen LogP contribution in [0.2, 0.25) is 0 Å². The van der Waals surface area contributed by atoms with Crippen LogP contribution in [0.3, 0.4) is 0 Å². The van der Waals surface area contributed by atoms with Gasteiger partial charge in [-0.05, 0) is 49.6 Å². The van der Waals surface area contributed by atoms with E-state index in [4.69, 9.17) is 0 Å². The van der Waals surface area contributed by atoms with Gasteiger partial charge in [-0.1, -0.05) is 31.4 Å². The highest BCUT2D eigenvalue weighted by Crippen LogP contribution is 2.20. The molecule has 1 aliphatic carbocycles. The number of rotatable bonds is 7. The third kappa shape index (κ3) is 5.64. The zero-order valence-electron chi connectivity index (χ0n) is 15.3. The second-order valence-electron chi connectivity index (χ2n) is 7.10. The van der Waals surface area contributed by atoms with E-state index in [-0.39, 0.29) is 11.7 Å². The maximum atomic E-state index is 13.2. The van der Waals surface area contributed by atoms with Crippen molar-refractivity contribution in [2.45, 2.75) is 58.2 Å². The van der Waals surface area contributed by atoms with Gasteiger partial charge in [0.05, 0.1) is 13.1 Å². The Morgan fingerprint density at radius 1 is 1.12 bits per heavy atom. The molecular weight excluding hydrogens is 347 g/mol. The molecule has 5 heteroatoms. The number of hydrogen-bond acceptors (Lipinski definition) is 3. The van der Waals surface area contributed by atoms with Gasteiger partial charge < -0.3 is 10.2 Å². The maximum absolute atomic E-state index is 13.2. The van der Waals surface area contributed by atoms with Crippen LogP contribution in [0.25, 0.3) is 0 Å². The Balaban J connectivity index is 1.64. The van der Waals surface area contributed by atoms with E-state index in [1.165, 1.54) is 41.1 Å². The Hall–Kier alpha value is -1.72. The van der Waals surface area contributed by atoms with E-state index in [2.05, 4.69) is 24.4 Å². The molecule has 140 valence electrons. The fourth-order valence-corrected chi connectivity index (χ4v) is 4.36. The molecule has 1 amide bonds. The van der Waals surface area contributed by atoms with E-state index in [1.54, 1.807) is 23.5 Å². The highest BCUT2D eigenvalue weighted by atomic mass is 32.1. The molecule has 1 N–H and O–H groups in total. The molecule has 0 saturated heterocycles. The van der Waals surface area contributed by atoms with Crippen molar-refractivity contribution in [2.75, 3.05) is 6.54 Å². The lowest BCUT2D eigenvalue weighted by Crippen LogP contribution is -2.41. The summed E-state index contributed by atoms with van der Waals surface area (Å²) in [5, 5.41) is 3.44. The van der Waals surface area contributed by atoms with Gasteiger partial charge in [-0.25, -0.2) is 4.39 Å². The molecule has 3 rings (SSSR count). The molecule has 1 heterocycles. The number of halogens is 1. The Morgan fingerprint density at radius 2 is 1.85 bits per heavy atom. The molecule has 1 aliphatic rings. The topological polar surface area (TPSA) is 32.3 Å². The minimum atomic E-state index is -0.250. The summed E-state index contributed by atoms with van der Waals surface area (Å²) in [6.07, 6.45) is 6.13. The average molecular weight is 375 g/mol. The van der Waals surface area contributed by atoms with E-state index in [0.29, 0.717) is 25.7 Å². The minimum absolute atomic E-state index is 0.103. The largest absolute Gasteiger partial charge is 0.332 e. The van der Waals surface area contributed by atoms with Crippen LogP contribution in [0.5, 0.6) is 0 Å². The highest BCUT2D eigenvalue weighted by molar-refractivity contribution is 7.11. The van der Waals surface area contributed by atoms with E-state index >= 15 is 0 Å². The van der Waals surface area contributed by atoms with Crippen LogP contribution in [0.4, 0.5) is 4.39 Å². The van der Waals surface area contributed by atoms with Gasteiger partial charge in [0.15, 0.2) is 0 Å². The molecule has 1 fully saturated rings. The van der Waals surface area contributed by atoms with Crippen molar-refractivity contribution < 1.29 is 9.18 Å². The van der Waals surface area contributed by atoms with Gasteiger partial charge in [0.2, 0.25) is 5.91 Å². The Morgan fingerprint density at radius 3 is 2.50 bits per heavy atom. The fourth-order valence-electron chi connectivity index (χ4n) is 3.45. The summed E-state index contributed by atoms with van der Waals surface area (Å²) in [5.41, 5.74) is 0.950. The second-order valence-corrected chi connectivity index (χ2v) is 8.48. The summed E-state index contributed by atoms with van der Waals surface area (Å²) in [5.74, 6) is -0.148. The molecular formula is C21H27FN2OS. The van der Waals surface area contributed by atoms with Crippen LogP contribution in [0, 0.1) is 12.7 Å². The SMILES string of the molecule is Cc1ccc(CN(Cc2ccc(F)cc2)C(=O)CNC2CCCCC2)s1. The molecule has 0 unspecified atom stereocenters.